The normalized spacial score (nSPS) is 17.3. The van der Waals surface area contributed by atoms with Crippen molar-refractivity contribution in [1.82, 2.24) is 9.80 Å². The van der Waals surface area contributed by atoms with Crippen molar-refractivity contribution in [3.63, 3.8) is 0 Å². The standard InChI is InChI=1S/C17H25BrN2O3/c1-13(2)17(22)20-8-6-19(7-9-20)11-15(21)12-23-16-5-3-4-14(18)10-16/h3-5,10,13,15,21H,6-9,11-12H2,1-2H3. The smallest absolute Gasteiger partial charge is 0.225 e. The summed E-state index contributed by atoms with van der Waals surface area (Å²) in [6.45, 7) is 7.75. The van der Waals surface area contributed by atoms with Gasteiger partial charge in [0.1, 0.15) is 18.5 Å². The first-order chi connectivity index (χ1) is 11.0. The van der Waals surface area contributed by atoms with Crippen LogP contribution in [0.5, 0.6) is 5.75 Å². The Morgan fingerprint density at radius 1 is 1.30 bits per heavy atom. The van der Waals surface area contributed by atoms with Crippen molar-refractivity contribution in [3.8, 4) is 5.75 Å². The second-order valence-electron chi connectivity index (χ2n) is 6.20. The number of nitrogens with zero attached hydrogens (tertiary/aromatic N) is 2. The lowest BCUT2D eigenvalue weighted by Gasteiger charge is -2.36. The third-order valence-corrected chi connectivity index (χ3v) is 4.38. The Bertz CT molecular complexity index is 516. The van der Waals surface area contributed by atoms with Crippen molar-refractivity contribution in [2.45, 2.75) is 20.0 Å². The second-order valence-corrected chi connectivity index (χ2v) is 7.12. The molecule has 1 aliphatic heterocycles. The lowest BCUT2D eigenvalue weighted by atomic mass is 10.1. The van der Waals surface area contributed by atoms with Gasteiger partial charge in [0.15, 0.2) is 0 Å². The first-order valence-electron chi connectivity index (χ1n) is 8.03. The summed E-state index contributed by atoms with van der Waals surface area (Å²) in [6, 6.07) is 7.58. The van der Waals surface area contributed by atoms with Crippen LogP contribution in [-0.4, -0.2) is 66.2 Å². The van der Waals surface area contributed by atoms with Crippen LogP contribution in [-0.2, 0) is 4.79 Å². The molecule has 1 aromatic rings. The van der Waals surface area contributed by atoms with Crippen LogP contribution in [0.25, 0.3) is 0 Å². The minimum Gasteiger partial charge on any atom is -0.491 e. The highest BCUT2D eigenvalue weighted by Crippen LogP contribution is 2.18. The molecule has 128 valence electrons. The molecule has 1 saturated heterocycles. The maximum absolute atomic E-state index is 11.9. The van der Waals surface area contributed by atoms with E-state index in [0.717, 1.165) is 36.4 Å². The topological polar surface area (TPSA) is 53.0 Å². The van der Waals surface area contributed by atoms with E-state index in [1.54, 1.807) is 0 Å². The Morgan fingerprint density at radius 3 is 2.61 bits per heavy atom. The fourth-order valence-corrected chi connectivity index (χ4v) is 2.99. The quantitative estimate of drug-likeness (QED) is 0.814. The molecule has 0 spiro atoms. The minimum absolute atomic E-state index is 0.0470. The van der Waals surface area contributed by atoms with Gasteiger partial charge in [-0.3, -0.25) is 9.69 Å². The number of carbonyl (C=O) groups excluding carboxylic acids is 1. The summed E-state index contributed by atoms with van der Waals surface area (Å²) in [7, 11) is 0. The number of piperazine rings is 1. The van der Waals surface area contributed by atoms with Gasteiger partial charge in [0.05, 0.1) is 0 Å². The first-order valence-corrected chi connectivity index (χ1v) is 8.82. The number of benzene rings is 1. The molecule has 0 bridgehead atoms. The van der Waals surface area contributed by atoms with E-state index in [4.69, 9.17) is 4.74 Å². The molecule has 1 atom stereocenters. The summed E-state index contributed by atoms with van der Waals surface area (Å²) < 4.78 is 6.56. The zero-order chi connectivity index (χ0) is 16.8. The zero-order valence-electron chi connectivity index (χ0n) is 13.7. The molecule has 0 saturated carbocycles. The van der Waals surface area contributed by atoms with E-state index < -0.39 is 6.10 Å². The van der Waals surface area contributed by atoms with Gasteiger partial charge in [-0.15, -0.1) is 0 Å². The molecule has 1 amide bonds. The average Bonchev–Trinajstić information content (AvgIpc) is 2.53. The number of β-amino-alcohol motifs (C(OH)–C–C–N with tert-alkyl or cyclic N) is 1. The SMILES string of the molecule is CC(C)C(=O)N1CCN(CC(O)COc2cccc(Br)c2)CC1. The Balaban J connectivity index is 1.70. The van der Waals surface area contributed by atoms with Crippen molar-refractivity contribution in [2.24, 2.45) is 5.92 Å². The second kappa shape index (κ2) is 8.66. The number of hydrogen-bond acceptors (Lipinski definition) is 4. The third kappa shape index (κ3) is 5.79. The van der Waals surface area contributed by atoms with E-state index in [-0.39, 0.29) is 18.4 Å². The monoisotopic (exact) mass is 384 g/mol. The fraction of sp³-hybridized carbons (Fsp3) is 0.588. The Hall–Kier alpha value is -1.11. The highest BCUT2D eigenvalue weighted by Gasteiger charge is 2.23. The molecule has 1 aliphatic rings. The molecule has 2 rings (SSSR count). The lowest BCUT2D eigenvalue weighted by Crippen LogP contribution is -2.51. The van der Waals surface area contributed by atoms with Crippen LogP contribution < -0.4 is 4.74 Å². The molecule has 6 heteroatoms. The maximum atomic E-state index is 11.9. The van der Waals surface area contributed by atoms with Crippen LogP contribution in [0.15, 0.2) is 28.7 Å². The Kier molecular flexibility index (Phi) is 6.87. The van der Waals surface area contributed by atoms with Gasteiger partial charge in [-0.2, -0.15) is 0 Å². The number of ether oxygens (including phenoxy) is 1. The van der Waals surface area contributed by atoms with Gasteiger partial charge in [0, 0.05) is 43.1 Å². The molecule has 1 unspecified atom stereocenters. The summed E-state index contributed by atoms with van der Waals surface area (Å²) in [5, 5.41) is 10.1. The fourth-order valence-electron chi connectivity index (χ4n) is 2.62. The molecular formula is C17H25BrN2O3. The molecule has 0 aliphatic carbocycles. The average molecular weight is 385 g/mol. The van der Waals surface area contributed by atoms with Gasteiger partial charge in [-0.05, 0) is 18.2 Å². The van der Waals surface area contributed by atoms with E-state index in [1.807, 2.05) is 43.0 Å². The summed E-state index contributed by atoms with van der Waals surface area (Å²) in [5.74, 6) is 1.000. The number of amides is 1. The largest absolute Gasteiger partial charge is 0.491 e. The predicted molar refractivity (Wildman–Crippen MR) is 93.5 cm³/mol. The van der Waals surface area contributed by atoms with E-state index in [9.17, 15) is 9.90 Å². The van der Waals surface area contributed by atoms with Crippen molar-refractivity contribution in [3.05, 3.63) is 28.7 Å². The zero-order valence-corrected chi connectivity index (χ0v) is 15.3. The van der Waals surface area contributed by atoms with E-state index >= 15 is 0 Å². The van der Waals surface area contributed by atoms with Crippen molar-refractivity contribution >= 4 is 21.8 Å². The number of carbonyl (C=O) groups is 1. The Labute approximate surface area is 146 Å². The van der Waals surface area contributed by atoms with Gasteiger partial charge in [-0.1, -0.05) is 35.8 Å². The molecule has 0 radical (unpaired) electrons. The molecule has 1 heterocycles. The Morgan fingerprint density at radius 2 is 2.00 bits per heavy atom. The van der Waals surface area contributed by atoms with Gasteiger partial charge >= 0.3 is 0 Å². The van der Waals surface area contributed by atoms with Crippen molar-refractivity contribution in [2.75, 3.05) is 39.3 Å². The first kappa shape index (κ1) is 18.2. The minimum atomic E-state index is -0.540. The number of aliphatic hydroxyl groups excluding tert-OH is 1. The number of halogens is 1. The molecule has 1 N–H and O–H groups in total. The van der Waals surface area contributed by atoms with Gasteiger partial charge < -0.3 is 14.7 Å². The molecule has 0 aromatic heterocycles. The highest BCUT2D eigenvalue weighted by molar-refractivity contribution is 9.10. The maximum Gasteiger partial charge on any atom is 0.225 e. The van der Waals surface area contributed by atoms with Crippen LogP contribution in [0, 0.1) is 5.92 Å². The predicted octanol–water partition coefficient (Wildman–Crippen LogP) is 1.99. The summed E-state index contributed by atoms with van der Waals surface area (Å²) in [4.78, 5) is 16.0. The summed E-state index contributed by atoms with van der Waals surface area (Å²) in [6.07, 6.45) is -0.540. The molecule has 1 aromatic carbocycles. The number of rotatable bonds is 6. The third-order valence-electron chi connectivity index (χ3n) is 3.89. The molecule has 1 fully saturated rings. The molecule has 5 nitrogen and oxygen atoms in total. The van der Waals surface area contributed by atoms with Gasteiger partial charge in [-0.25, -0.2) is 0 Å². The van der Waals surface area contributed by atoms with Crippen LogP contribution in [0.3, 0.4) is 0 Å². The van der Waals surface area contributed by atoms with Gasteiger partial charge in [0.25, 0.3) is 0 Å². The van der Waals surface area contributed by atoms with Crippen molar-refractivity contribution < 1.29 is 14.6 Å². The highest BCUT2D eigenvalue weighted by atomic mass is 79.9. The van der Waals surface area contributed by atoms with Crippen LogP contribution >= 0.6 is 15.9 Å². The number of hydrogen-bond donors (Lipinski definition) is 1. The summed E-state index contributed by atoms with van der Waals surface area (Å²) in [5.41, 5.74) is 0. The van der Waals surface area contributed by atoms with E-state index in [1.165, 1.54) is 0 Å². The number of aliphatic hydroxyl groups is 1. The van der Waals surface area contributed by atoms with Crippen LogP contribution in [0.4, 0.5) is 0 Å². The summed E-state index contributed by atoms with van der Waals surface area (Å²) >= 11 is 3.39. The lowest BCUT2D eigenvalue weighted by molar-refractivity contribution is -0.136. The van der Waals surface area contributed by atoms with Gasteiger partial charge in [0.2, 0.25) is 5.91 Å². The van der Waals surface area contributed by atoms with E-state index in [2.05, 4.69) is 20.8 Å². The van der Waals surface area contributed by atoms with Crippen LogP contribution in [0.2, 0.25) is 0 Å². The molecular weight excluding hydrogens is 360 g/mol. The van der Waals surface area contributed by atoms with Crippen molar-refractivity contribution in [1.29, 1.82) is 0 Å². The molecule has 23 heavy (non-hydrogen) atoms. The van der Waals surface area contributed by atoms with E-state index in [0.29, 0.717) is 6.54 Å². The van der Waals surface area contributed by atoms with Crippen LogP contribution in [0.1, 0.15) is 13.8 Å².